The Morgan fingerprint density at radius 3 is 3.03 bits per heavy atom. The van der Waals surface area contributed by atoms with Gasteiger partial charge in [0.2, 0.25) is 11.0 Å². The molecule has 2 aromatic rings. The summed E-state index contributed by atoms with van der Waals surface area (Å²) < 4.78 is 3.50. The van der Waals surface area contributed by atoms with Gasteiger partial charge in [-0.2, -0.15) is 0 Å². The van der Waals surface area contributed by atoms with E-state index in [1.165, 1.54) is 23.1 Å². The molecule has 1 amide bonds. The number of hydrogen-bond acceptors (Lipinski definition) is 8. The molecule has 4 rings (SSSR count). The van der Waals surface area contributed by atoms with Crippen LogP contribution in [0.5, 0.6) is 0 Å². The van der Waals surface area contributed by atoms with Crippen molar-refractivity contribution in [1.82, 2.24) is 19.7 Å². The van der Waals surface area contributed by atoms with Gasteiger partial charge in [-0.1, -0.05) is 60.1 Å². The van der Waals surface area contributed by atoms with Crippen molar-refractivity contribution < 1.29 is 4.79 Å². The molecule has 1 N–H and O–H groups in total. The quantitative estimate of drug-likeness (QED) is 0.409. The van der Waals surface area contributed by atoms with E-state index in [2.05, 4.69) is 20.4 Å². The molecule has 7 nitrogen and oxygen atoms in total. The van der Waals surface area contributed by atoms with E-state index in [0.29, 0.717) is 17.0 Å². The molecule has 2 aromatic heterocycles. The number of amides is 1. The third-order valence-corrected chi connectivity index (χ3v) is 8.36. The van der Waals surface area contributed by atoms with Crippen LogP contribution in [0.1, 0.15) is 25.0 Å². The van der Waals surface area contributed by atoms with Crippen molar-refractivity contribution in [2.45, 2.75) is 30.1 Å². The lowest BCUT2D eigenvalue weighted by atomic mass is 9.83. The second-order valence-electron chi connectivity index (χ2n) is 7.01. The van der Waals surface area contributed by atoms with E-state index < -0.39 is 0 Å². The van der Waals surface area contributed by atoms with E-state index in [1.807, 2.05) is 23.6 Å². The monoisotopic (exact) mass is 467 g/mol. The first-order valence-electron chi connectivity index (χ1n) is 9.41. The molecule has 0 unspecified atom stereocenters. The maximum atomic E-state index is 12.2. The average molecular weight is 468 g/mol. The van der Waals surface area contributed by atoms with E-state index in [-0.39, 0.29) is 17.2 Å². The van der Waals surface area contributed by atoms with E-state index in [4.69, 9.17) is 12.2 Å². The minimum Gasteiger partial charge on any atom is -0.356 e. The summed E-state index contributed by atoms with van der Waals surface area (Å²) in [5, 5.41) is 11.3. The Bertz CT molecular complexity index is 975. The Labute approximate surface area is 186 Å². The number of carbonyl (C=O) groups excluding carboxylic acids is 1. The zero-order valence-corrected chi connectivity index (χ0v) is 19.1. The number of thiocarbonyl (C=S) groups is 1. The fourth-order valence-corrected chi connectivity index (χ4v) is 6.51. The Balaban J connectivity index is 1.31. The second-order valence-corrected chi connectivity index (χ2v) is 11.1. The number of aromatic nitrogens is 3. The first kappa shape index (κ1) is 20.8. The summed E-state index contributed by atoms with van der Waals surface area (Å²) in [4.78, 5) is 26.6. The summed E-state index contributed by atoms with van der Waals surface area (Å²) in [6, 6.07) is 5.51. The van der Waals surface area contributed by atoms with Gasteiger partial charge < -0.3 is 9.47 Å². The van der Waals surface area contributed by atoms with Gasteiger partial charge in [0, 0.05) is 37.3 Å². The molecule has 0 radical (unpaired) electrons. The summed E-state index contributed by atoms with van der Waals surface area (Å²) in [5.41, 5.74) is 1.18. The molecule has 2 bridgehead atoms. The first-order chi connectivity index (χ1) is 14.0. The summed E-state index contributed by atoms with van der Waals surface area (Å²) in [5.74, 6) is 1.75. The number of rotatable bonds is 5. The van der Waals surface area contributed by atoms with Crippen LogP contribution < -0.4 is 10.9 Å². The number of anilines is 1. The zero-order chi connectivity index (χ0) is 20.4. The van der Waals surface area contributed by atoms with Crippen molar-refractivity contribution in [2.24, 2.45) is 5.92 Å². The summed E-state index contributed by atoms with van der Waals surface area (Å²) in [6.45, 7) is 4.42. The van der Waals surface area contributed by atoms with Crippen molar-refractivity contribution in [1.29, 1.82) is 0 Å². The second kappa shape index (κ2) is 9.15. The highest BCUT2D eigenvalue weighted by Gasteiger charge is 2.35. The van der Waals surface area contributed by atoms with E-state index in [0.717, 1.165) is 46.2 Å². The van der Waals surface area contributed by atoms with Crippen LogP contribution in [0.3, 0.4) is 0 Å². The minimum atomic E-state index is -0.129. The number of hydrogen-bond donors (Lipinski definition) is 1. The van der Waals surface area contributed by atoms with Gasteiger partial charge in [-0.05, 0) is 24.2 Å². The normalized spacial score (nSPS) is 20.2. The molecule has 4 heterocycles. The third kappa shape index (κ3) is 4.84. The van der Waals surface area contributed by atoms with Gasteiger partial charge in [-0.3, -0.25) is 14.9 Å². The molecule has 1 fully saturated rings. The molecule has 0 saturated carbocycles. The van der Waals surface area contributed by atoms with E-state index in [9.17, 15) is 9.59 Å². The van der Waals surface area contributed by atoms with E-state index >= 15 is 0 Å². The van der Waals surface area contributed by atoms with Crippen LogP contribution in [0.15, 0.2) is 27.3 Å². The van der Waals surface area contributed by atoms with E-state index in [1.54, 1.807) is 17.8 Å². The molecule has 0 aromatic carbocycles. The SMILES string of the molecule is CCSc1nnc(NC(=O)CSC(=S)N2C[C@H]3C[C@H](C2)c2cccc(=O)n2C3)s1. The summed E-state index contributed by atoms with van der Waals surface area (Å²) >= 11 is 9.97. The molecule has 0 aliphatic carbocycles. The largest absolute Gasteiger partial charge is 0.356 e. The van der Waals surface area contributed by atoms with Gasteiger partial charge in [0.1, 0.15) is 4.32 Å². The van der Waals surface area contributed by atoms with Crippen molar-refractivity contribution in [2.75, 3.05) is 29.9 Å². The average Bonchev–Trinajstić information content (AvgIpc) is 3.14. The Hall–Kier alpha value is -1.43. The van der Waals surface area contributed by atoms with Gasteiger partial charge in [-0.15, -0.1) is 10.2 Å². The van der Waals surface area contributed by atoms with Crippen LogP contribution in [0.25, 0.3) is 0 Å². The van der Waals surface area contributed by atoms with Crippen LogP contribution >= 0.6 is 47.1 Å². The zero-order valence-electron chi connectivity index (χ0n) is 15.9. The smallest absolute Gasteiger partial charge is 0.250 e. The minimum absolute atomic E-state index is 0.0800. The van der Waals surface area contributed by atoms with Crippen molar-refractivity contribution in [3.63, 3.8) is 0 Å². The van der Waals surface area contributed by atoms with Gasteiger partial charge in [0.25, 0.3) is 5.56 Å². The van der Waals surface area contributed by atoms with Crippen molar-refractivity contribution in [3.8, 4) is 0 Å². The van der Waals surface area contributed by atoms with Crippen molar-refractivity contribution in [3.05, 3.63) is 34.2 Å². The third-order valence-electron chi connectivity index (χ3n) is 4.99. The molecule has 2 aliphatic rings. The number of likely N-dealkylation sites (tertiary alicyclic amines) is 1. The molecule has 2 aliphatic heterocycles. The highest BCUT2D eigenvalue weighted by atomic mass is 32.2. The van der Waals surface area contributed by atoms with Crippen LogP contribution in [0.4, 0.5) is 5.13 Å². The lowest BCUT2D eigenvalue weighted by Gasteiger charge is -2.43. The molecular weight excluding hydrogens is 446 g/mol. The maximum absolute atomic E-state index is 12.2. The number of nitrogens with zero attached hydrogens (tertiary/aromatic N) is 4. The Kier molecular flexibility index (Phi) is 6.57. The first-order valence-corrected chi connectivity index (χ1v) is 12.6. The van der Waals surface area contributed by atoms with Crippen LogP contribution in [0, 0.1) is 5.92 Å². The molecule has 1 saturated heterocycles. The van der Waals surface area contributed by atoms with Gasteiger partial charge in [-0.25, -0.2) is 0 Å². The van der Waals surface area contributed by atoms with Crippen LogP contribution in [-0.4, -0.2) is 54.5 Å². The number of fused-ring (bicyclic) bond motifs is 4. The predicted octanol–water partition coefficient (Wildman–Crippen LogP) is 2.89. The number of nitrogens with one attached hydrogen (secondary N) is 1. The van der Waals surface area contributed by atoms with Crippen LogP contribution in [-0.2, 0) is 11.3 Å². The summed E-state index contributed by atoms with van der Waals surface area (Å²) in [7, 11) is 0. The van der Waals surface area contributed by atoms with Crippen LogP contribution in [0.2, 0.25) is 0 Å². The van der Waals surface area contributed by atoms with Gasteiger partial charge in [0.15, 0.2) is 4.34 Å². The number of piperidine rings is 1. The topological polar surface area (TPSA) is 80.1 Å². The highest BCUT2D eigenvalue weighted by Crippen LogP contribution is 2.36. The molecule has 29 heavy (non-hydrogen) atoms. The highest BCUT2D eigenvalue weighted by molar-refractivity contribution is 8.23. The van der Waals surface area contributed by atoms with Gasteiger partial charge >= 0.3 is 0 Å². The fourth-order valence-electron chi connectivity index (χ4n) is 3.86. The van der Waals surface area contributed by atoms with Gasteiger partial charge in [0.05, 0.1) is 5.75 Å². The number of carbonyl (C=O) groups is 1. The molecule has 0 spiro atoms. The maximum Gasteiger partial charge on any atom is 0.250 e. The molecule has 11 heteroatoms. The number of pyridine rings is 1. The number of thioether (sulfide) groups is 2. The predicted molar refractivity (Wildman–Crippen MR) is 123 cm³/mol. The lowest BCUT2D eigenvalue weighted by molar-refractivity contribution is -0.113. The molecule has 154 valence electrons. The van der Waals surface area contributed by atoms with Crippen molar-refractivity contribution >= 4 is 62.4 Å². The lowest BCUT2D eigenvalue weighted by Crippen LogP contribution is -2.48. The fraction of sp³-hybridized carbons (Fsp3) is 0.500. The summed E-state index contributed by atoms with van der Waals surface area (Å²) in [6.07, 6.45) is 1.09. The Morgan fingerprint density at radius 1 is 1.34 bits per heavy atom. The molecule has 2 atom stereocenters. The Morgan fingerprint density at radius 2 is 2.21 bits per heavy atom. The standard InChI is InChI=1S/C18H21N5O2S4/c1-2-27-17-21-20-16(29-17)19-14(24)10-28-18(26)22-7-11-6-12(9-22)13-4-3-5-15(25)23(13)8-11/h3-5,11-12H,2,6-10H2,1H3,(H,19,20,24)/t11-,12-/m1/s1. The molecular formula is C18H21N5O2S4.